The molecule has 0 aromatic heterocycles. The van der Waals surface area contributed by atoms with Crippen molar-refractivity contribution in [2.24, 2.45) is 0 Å². The number of carboxylic acid groups (broad SMARTS) is 1. The number of carboxylic acids is 1. The first kappa shape index (κ1) is 14.8. The molecule has 0 amide bonds. The first-order chi connectivity index (χ1) is 10.1. The molecule has 2 rings (SSSR count). The number of hydrogen-bond acceptors (Lipinski definition) is 5. The van der Waals surface area contributed by atoms with E-state index in [0.29, 0.717) is 17.1 Å². The maximum absolute atomic E-state index is 10.5. The standard InChI is InChI=1S/C15H16O6/c1-2-7-19-12-9-21-11-5-3-4-10(14(11)15(12)18)20-8-6-13(16)17/h2-5,7,18H,6,8-9H2,1H3,(H,16,17). The Labute approximate surface area is 121 Å². The third-order valence-electron chi connectivity index (χ3n) is 2.77. The second-order valence-electron chi connectivity index (χ2n) is 4.27. The van der Waals surface area contributed by atoms with Crippen molar-refractivity contribution in [2.45, 2.75) is 13.3 Å². The van der Waals surface area contributed by atoms with E-state index in [9.17, 15) is 9.90 Å². The van der Waals surface area contributed by atoms with Crippen LogP contribution in [0.4, 0.5) is 0 Å². The van der Waals surface area contributed by atoms with E-state index < -0.39 is 5.97 Å². The SMILES string of the molecule is CC=COC1=C(O)c2c(OCCC(=O)O)cccc2OC1. The zero-order chi connectivity index (χ0) is 15.2. The molecule has 0 saturated carbocycles. The Morgan fingerprint density at radius 3 is 3.00 bits per heavy atom. The topological polar surface area (TPSA) is 85.2 Å². The predicted octanol–water partition coefficient (Wildman–Crippen LogP) is 2.71. The minimum atomic E-state index is -0.951. The van der Waals surface area contributed by atoms with Crippen molar-refractivity contribution in [3.05, 3.63) is 41.9 Å². The van der Waals surface area contributed by atoms with Crippen molar-refractivity contribution in [1.82, 2.24) is 0 Å². The first-order valence-corrected chi connectivity index (χ1v) is 6.44. The van der Waals surface area contributed by atoms with Gasteiger partial charge in [-0.2, -0.15) is 0 Å². The number of ether oxygens (including phenoxy) is 3. The fraction of sp³-hybridized carbons (Fsp3) is 0.267. The molecule has 1 aliphatic heterocycles. The van der Waals surface area contributed by atoms with E-state index >= 15 is 0 Å². The molecule has 1 aliphatic rings. The zero-order valence-electron chi connectivity index (χ0n) is 11.5. The molecule has 0 spiro atoms. The number of benzene rings is 1. The summed E-state index contributed by atoms with van der Waals surface area (Å²) in [6, 6.07) is 5.04. The molecule has 0 bridgehead atoms. The summed E-state index contributed by atoms with van der Waals surface area (Å²) in [5.74, 6) is 0.0729. The van der Waals surface area contributed by atoms with E-state index in [1.54, 1.807) is 31.2 Å². The zero-order valence-corrected chi connectivity index (χ0v) is 11.5. The largest absolute Gasteiger partial charge is 0.504 e. The minimum Gasteiger partial charge on any atom is -0.504 e. The second kappa shape index (κ2) is 6.69. The van der Waals surface area contributed by atoms with Gasteiger partial charge in [-0.05, 0) is 19.1 Å². The summed E-state index contributed by atoms with van der Waals surface area (Å²) in [4.78, 5) is 10.5. The minimum absolute atomic E-state index is 0.00409. The average Bonchev–Trinajstić information content (AvgIpc) is 2.46. The maximum Gasteiger partial charge on any atom is 0.306 e. The number of rotatable bonds is 6. The van der Waals surface area contributed by atoms with Gasteiger partial charge in [0.2, 0.25) is 0 Å². The van der Waals surface area contributed by atoms with Crippen LogP contribution in [0.25, 0.3) is 5.76 Å². The van der Waals surface area contributed by atoms with Crippen LogP contribution in [0, 0.1) is 0 Å². The van der Waals surface area contributed by atoms with Crippen LogP contribution in [-0.2, 0) is 9.53 Å². The van der Waals surface area contributed by atoms with Crippen molar-refractivity contribution >= 4 is 11.7 Å². The fourth-order valence-electron chi connectivity index (χ4n) is 1.82. The molecule has 2 N–H and O–H groups in total. The van der Waals surface area contributed by atoms with Crippen molar-refractivity contribution in [3.63, 3.8) is 0 Å². The van der Waals surface area contributed by atoms with Crippen molar-refractivity contribution < 1.29 is 29.2 Å². The van der Waals surface area contributed by atoms with E-state index in [-0.39, 0.29) is 31.2 Å². The van der Waals surface area contributed by atoms with Crippen molar-refractivity contribution in [3.8, 4) is 11.5 Å². The van der Waals surface area contributed by atoms with Crippen LogP contribution in [0.15, 0.2) is 36.3 Å². The first-order valence-electron chi connectivity index (χ1n) is 6.44. The van der Waals surface area contributed by atoms with Crippen LogP contribution in [0.1, 0.15) is 18.9 Å². The quantitative estimate of drug-likeness (QED) is 0.784. The Kier molecular flexibility index (Phi) is 4.71. The third-order valence-corrected chi connectivity index (χ3v) is 2.77. The van der Waals surface area contributed by atoms with E-state index in [0.717, 1.165) is 0 Å². The highest BCUT2D eigenvalue weighted by molar-refractivity contribution is 5.73. The number of fused-ring (bicyclic) bond motifs is 1. The summed E-state index contributed by atoms with van der Waals surface area (Å²) >= 11 is 0. The smallest absolute Gasteiger partial charge is 0.306 e. The molecule has 0 saturated heterocycles. The third kappa shape index (κ3) is 3.47. The molecule has 0 radical (unpaired) electrons. The molecule has 1 aromatic rings. The van der Waals surface area contributed by atoms with Crippen LogP contribution in [0.3, 0.4) is 0 Å². The van der Waals surface area contributed by atoms with Gasteiger partial charge in [-0.25, -0.2) is 0 Å². The molecule has 1 heterocycles. The second-order valence-corrected chi connectivity index (χ2v) is 4.27. The molecular weight excluding hydrogens is 276 g/mol. The summed E-state index contributed by atoms with van der Waals surface area (Å²) in [6.07, 6.45) is 3.00. The van der Waals surface area contributed by atoms with Crippen LogP contribution in [-0.4, -0.2) is 29.4 Å². The summed E-state index contributed by atoms with van der Waals surface area (Å²) in [6.45, 7) is 1.90. The Balaban J connectivity index is 2.27. The monoisotopic (exact) mass is 292 g/mol. The summed E-state index contributed by atoms with van der Waals surface area (Å²) < 4.78 is 16.2. The van der Waals surface area contributed by atoms with Crippen LogP contribution >= 0.6 is 0 Å². The van der Waals surface area contributed by atoms with Gasteiger partial charge in [-0.3, -0.25) is 4.79 Å². The highest BCUT2D eigenvalue weighted by Crippen LogP contribution is 2.38. The molecule has 0 unspecified atom stereocenters. The van der Waals surface area contributed by atoms with Gasteiger partial charge in [-0.15, -0.1) is 0 Å². The molecule has 21 heavy (non-hydrogen) atoms. The van der Waals surface area contributed by atoms with Gasteiger partial charge in [0.15, 0.2) is 11.5 Å². The maximum atomic E-state index is 10.5. The fourth-order valence-corrected chi connectivity index (χ4v) is 1.82. The average molecular weight is 292 g/mol. The number of carbonyl (C=O) groups is 1. The molecule has 6 nitrogen and oxygen atoms in total. The molecule has 1 aromatic carbocycles. The number of aliphatic hydroxyl groups is 1. The summed E-state index contributed by atoms with van der Waals surface area (Å²) in [5, 5.41) is 18.9. The van der Waals surface area contributed by atoms with E-state index in [1.807, 2.05) is 0 Å². The van der Waals surface area contributed by atoms with Gasteiger partial charge in [0.25, 0.3) is 0 Å². The van der Waals surface area contributed by atoms with Gasteiger partial charge in [0.1, 0.15) is 23.7 Å². The Morgan fingerprint density at radius 1 is 1.48 bits per heavy atom. The molecule has 0 fully saturated rings. The summed E-state index contributed by atoms with van der Waals surface area (Å²) in [7, 11) is 0. The Morgan fingerprint density at radius 2 is 2.29 bits per heavy atom. The number of aliphatic carboxylic acids is 1. The van der Waals surface area contributed by atoms with Gasteiger partial charge in [0.05, 0.1) is 19.3 Å². The molecule has 6 heteroatoms. The highest BCUT2D eigenvalue weighted by Gasteiger charge is 2.24. The number of hydrogen-bond donors (Lipinski definition) is 2. The normalized spacial score (nSPS) is 13.8. The molecule has 112 valence electrons. The van der Waals surface area contributed by atoms with Gasteiger partial charge < -0.3 is 24.4 Å². The Hall–Kier alpha value is -2.63. The van der Waals surface area contributed by atoms with E-state index in [4.69, 9.17) is 19.3 Å². The lowest BCUT2D eigenvalue weighted by molar-refractivity contribution is -0.137. The summed E-state index contributed by atoms with van der Waals surface area (Å²) in [5.41, 5.74) is 0.369. The van der Waals surface area contributed by atoms with E-state index in [1.165, 1.54) is 6.26 Å². The van der Waals surface area contributed by atoms with Crippen LogP contribution in [0.2, 0.25) is 0 Å². The van der Waals surface area contributed by atoms with Crippen LogP contribution < -0.4 is 9.47 Å². The number of allylic oxidation sites excluding steroid dienone is 1. The molecule has 0 aliphatic carbocycles. The van der Waals surface area contributed by atoms with Gasteiger partial charge in [0, 0.05) is 0 Å². The van der Waals surface area contributed by atoms with Gasteiger partial charge >= 0.3 is 5.97 Å². The van der Waals surface area contributed by atoms with Crippen LogP contribution in [0.5, 0.6) is 11.5 Å². The molecular formula is C15H16O6. The Bertz CT molecular complexity index is 588. The number of aliphatic hydroxyl groups excluding tert-OH is 1. The molecule has 0 atom stereocenters. The predicted molar refractivity (Wildman–Crippen MR) is 75.1 cm³/mol. The van der Waals surface area contributed by atoms with Crippen molar-refractivity contribution in [2.75, 3.05) is 13.2 Å². The lowest BCUT2D eigenvalue weighted by Gasteiger charge is -2.21. The van der Waals surface area contributed by atoms with E-state index in [2.05, 4.69) is 0 Å². The lowest BCUT2D eigenvalue weighted by atomic mass is 10.1. The van der Waals surface area contributed by atoms with Crippen molar-refractivity contribution in [1.29, 1.82) is 0 Å². The van der Waals surface area contributed by atoms with Gasteiger partial charge in [-0.1, -0.05) is 12.1 Å². The highest BCUT2D eigenvalue weighted by atomic mass is 16.5. The lowest BCUT2D eigenvalue weighted by Crippen LogP contribution is -2.14.